The summed E-state index contributed by atoms with van der Waals surface area (Å²) >= 11 is 4.44. The van der Waals surface area contributed by atoms with Crippen LogP contribution >= 0.6 is 12.6 Å². The quantitative estimate of drug-likeness (QED) is 0.686. The van der Waals surface area contributed by atoms with E-state index in [9.17, 15) is 0 Å². The van der Waals surface area contributed by atoms with Crippen molar-refractivity contribution in [2.75, 3.05) is 0 Å². The lowest BCUT2D eigenvalue weighted by Crippen LogP contribution is -2.10. The fourth-order valence-electron chi connectivity index (χ4n) is 1.40. The van der Waals surface area contributed by atoms with Gasteiger partial charge in [0.15, 0.2) is 5.58 Å². The molecule has 0 aliphatic heterocycles. The summed E-state index contributed by atoms with van der Waals surface area (Å²) in [6.45, 7) is 8.27. The number of hydrogen-bond acceptors (Lipinski definition) is 3. The minimum absolute atomic E-state index is 0.0624. The van der Waals surface area contributed by atoms with Gasteiger partial charge in [-0.2, -0.15) is 0 Å². The first-order valence-corrected chi connectivity index (χ1v) is 5.44. The van der Waals surface area contributed by atoms with Crippen molar-refractivity contribution in [3.8, 4) is 0 Å². The maximum atomic E-state index is 5.76. The zero-order chi connectivity index (χ0) is 11.2. The molecule has 1 aromatic heterocycles. The summed E-state index contributed by atoms with van der Waals surface area (Å²) < 4.78 is 5.76. The van der Waals surface area contributed by atoms with Gasteiger partial charge in [-0.3, -0.25) is 0 Å². The largest absolute Gasteiger partial charge is 0.439 e. The van der Waals surface area contributed by atoms with Crippen molar-refractivity contribution < 1.29 is 4.42 Å². The average Bonchev–Trinajstić information content (AvgIpc) is 2.55. The summed E-state index contributed by atoms with van der Waals surface area (Å²) in [5.74, 6) is 0.762. The molecule has 0 N–H and O–H groups in total. The van der Waals surface area contributed by atoms with E-state index in [1.165, 1.54) is 0 Å². The summed E-state index contributed by atoms with van der Waals surface area (Å²) in [5, 5.41) is 0. The Morgan fingerprint density at radius 3 is 2.53 bits per heavy atom. The average molecular weight is 221 g/mol. The van der Waals surface area contributed by atoms with Gasteiger partial charge in [0.05, 0.1) is 4.90 Å². The highest BCUT2D eigenvalue weighted by molar-refractivity contribution is 7.80. The molecule has 0 atom stereocenters. The summed E-state index contributed by atoms with van der Waals surface area (Å²) in [5.41, 5.74) is 2.73. The smallest absolute Gasteiger partial charge is 0.200 e. The van der Waals surface area contributed by atoms with Crippen molar-refractivity contribution in [2.45, 2.75) is 38.0 Å². The van der Waals surface area contributed by atoms with Crippen LogP contribution < -0.4 is 0 Å². The van der Waals surface area contributed by atoms with Crippen molar-refractivity contribution in [3.05, 3.63) is 23.6 Å². The van der Waals surface area contributed by atoms with Gasteiger partial charge in [0, 0.05) is 5.41 Å². The van der Waals surface area contributed by atoms with E-state index in [1.807, 2.05) is 19.1 Å². The van der Waals surface area contributed by atoms with E-state index in [0.717, 1.165) is 27.4 Å². The van der Waals surface area contributed by atoms with Crippen molar-refractivity contribution in [3.63, 3.8) is 0 Å². The van der Waals surface area contributed by atoms with Gasteiger partial charge in [0.25, 0.3) is 0 Å². The highest BCUT2D eigenvalue weighted by Crippen LogP contribution is 2.30. The molecule has 0 radical (unpaired) electrons. The van der Waals surface area contributed by atoms with Crippen LogP contribution in [-0.2, 0) is 5.41 Å². The number of aryl methyl sites for hydroxylation is 1. The number of oxazole rings is 1. The van der Waals surface area contributed by atoms with Gasteiger partial charge in [-0.15, -0.1) is 12.6 Å². The van der Waals surface area contributed by atoms with Crippen LogP contribution in [0.15, 0.2) is 21.4 Å². The fourth-order valence-corrected chi connectivity index (χ4v) is 1.63. The Labute approximate surface area is 95.1 Å². The third-order valence-corrected chi connectivity index (χ3v) is 2.93. The van der Waals surface area contributed by atoms with Crippen molar-refractivity contribution in [2.24, 2.45) is 0 Å². The lowest BCUT2D eigenvalue weighted by atomic mass is 9.97. The molecule has 0 fully saturated rings. The van der Waals surface area contributed by atoms with Gasteiger partial charge < -0.3 is 4.42 Å². The predicted molar refractivity (Wildman–Crippen MR) is 64.7 cm³/mol. The Hall–Kier alpha value is -0.960. The van der Waals surface area contributed by atoms with Gasteiger partial charge in [0.2, 0.25) is 5.89 Å². The Bertz CT molecular complexity index is 508. The molecule has 0 aliphatic rings. The number of nitrogens with zero attached hydrogens (tertiary/aromatic N) is 1. The monoisotopic (exact) mass is 221 g/mol. The highest BCUT2D eigenvalue weighted by Gasteiger charge is 2.21. The molecular weight excluding hydrogens is 206 g/mol. The van der Waals surface area contributed by atoms with Crippen LogP contribution in [0.2, 0.25) is 0 Å². The Balaban J connectivity index is 2.72. The third kappa shape index (κ3) is 1.76. The van der Waals surface area contributed by atoms with Crippen LogP contribution in [0.25, 0.3) is 11.1 Å². The van der Waals surface area contributed by atoms with Crippen molar-refractivity contribution in [1.29, 1.82) is 0 Å². The minimum Gasteiger partial charge on any atom is -0.439 e. The number of rotatable bonds is 0. The van der Waals surface area contributed by atoms with Gasteiger partial charge in [-0.1, -0.05) is 26.8 Å². The van der Waals surface area contributed by atoms with E-state index in [-0.39, 0.29) is 5.41 Å². The molecule has 80 valence electrons. The standard InChI is InChI=1S/C12H15NOS/c1-7-5-6-8-9(10(7)15)14-11(13-8)12(2,3)4/h5-6,15H,1-4H3. The number of fused-ring (bicyclic) bond motifs is 1. The Morgan fingerprint density at radius 1 is 1.27 bits per heavy atom. The second kappa shape index (κ2) is 3.27. The summed E-state index contributed by atoms with van der Waals surface area (Å²) in [6, 6.07) is 3.99. The molecule has 0 spiro atoms. The molecule has 1 aromatic carbocycles. The van der Waals surface area contributed by atoms with Gasteiger partial charge in [0.1, 0.15) is 5.52 Å². The molecule has 0 saturated carbocycles. The topological polar surface area (TPSA) is 26.0 Å². The van der Waals surface area contributed by atoms with E-state index >= 15 is 0 Å². The molecule has 0 unspecified atom stereocenters. The SMILES string of the molecule is Cc1ccc2nc(C(C)(C)C)oc2c1S. The Kier molecular flexibility index (Phi) is 2.30. The zero-order valence-electron chi connectivity index (χ0n) is 9.46. The first kappa shape index (κ1) is 10.6. The van der Waals surface area contributed by atoms with E-state index in [0.29, 0.717) is 0 Å². The van der Waals surface area contributed by atoms with Crippen LogP contribution in [-0.4, -0.2) is 4.98 Å². The lowest BCUT2D eigenvalue weighted by molar-refractivity contribution is 0.408. The third-order valence-electron chi connectivity index (χ3n) is 2.37. The van der Waals surface area contributed by atoms with Crippen LogP contribution in [0.4, 0.5) is 0 Å². The van der Waals surface area contributed by atoms with Crippen molar-refractivity contribution >= 4 is 23.7 Å². The first-order valence-electron chi connectivity index (χ1n) is 4.99. The van der Waals surface area contributed by atoms with E-state index in [4.69, 9.17) is 4.42 Å². The lowest BCUT2D eigenvalue weighted by Gasteiger charge is -2.11. The van der Waals surface area contributed by atoms with Crippen LogP contribution in [0.5, 0.6) is 0 Å². The molecule has 1 heterocycles. The van der Waals surface area contributed by atoms with Crippen LogP contribution in [0.3, 0.4) is 0 Å². The maximum Gasteiger partial charge on any atom is 0.200 e. The summed E-state index contributed by atoms with van der Waals surface area (Å²) in [4.78, 5) is 5.36. The normalized spacial score (nSPS) is 12.3. The summed E-state index contributed by atoms with van der Waals surface area (Å²) in [6.07, 6.45) is 0. The Morgan fingerprint density at radius 2 is 1.93 bits per heavy atom. The van der Waals surface area contributed by atoms with Crippen LogP contribution in [0, 0.1) is 6.92 Å². The van der Waals surface area contributed by atoms with Gasteiger partial charge >= 0.3 is 0 Å². The maximum absolute atomic E-state index is 5.76. The van der Waals surface area contributed by atoms with Crippen molar-refractivity contribution in [1.82, 2.24) is 4.98 Å². The van der Waals surface area contributed by atoms with Crippen LogP contribution in [0.1, 0.15) is 32.2 Å². The second-order valence-electron chi connectivity index (χ2n) is 4.85. The van der Waals surface area contributed by atoms with E-state index < -0.39 is 0 Å². The molecule has 0 saturated heterocycles. The van der Waals surface area contributed by atoms with E-state index in [1.54, 1.807) is 0 Å². The van der Waals surface area contributed by atoms with Gasteiger partial charge in [-0.05, 0) is 18.6 Å². The number of benzene rings is 1. The minimum atomic E-state index is -0.0624. The molecular formula is C12H15NOS. The molecule has 0 aliphatic carbocycles. The highest BCUT2D eigenvalue weighted by atomic mass is 32.1. The molecule has 15 heavy (non-hydrogen) atoms. The molecule has 2 aromatic rings. The summed E-state index contributed by atoms with van der Waals surface area (Å²) in [7, 11) is 0. The molecule has 3 heteroatoms. The molecule has 0 amide bonds. The second-order valence-corrected chi connectivity index (χ2v) is 5.30. The molecule has 0 bridgehead atoms. The molecule has 2 nitrogen and oxygen atoms in total. The van der Waals surface area contributed by atoms with E-state index in [2.05, 4.69) is 38.4 Å². The number of aromatic nitrogens is 1. The molecule has 2 rings (SSSR count). The van der Waals surface area contributed by atoms with Gasteiger partial charge in [-0.25, -0.2) is 4.98 Å². The zero-order valence-corrected chi connectivity index (χ0v) is 10.4. The predicted octanol–water partition coefficient (Wildman–Crippen LogP) is 3.72. The number of thiol groups is 1. The fraction of sp³-hybridized carbons (Fsp3) is 0.417. The first-order chi connectivity index (χ1) is 6.89. The number of hydrogen-bond donors (Lipinski definition) is 1.